The first-order valence-corrected chi connectivity index (χ1v) is 6.96. The summed E-state index contributed by atoms with van der Waals surface area (Å²) in [6.07, 6.45) is -0.0869. The Balaban J connectivity index is 2.27. The van der Waals surface area contributed by atoms with Crippen LogP contribution in [0.2, 0.25) is 5.02 Å². The van der Waals surface area contributed by atoms with E-state index >= 15 is 0 Å². The number of aliphatic hydroxyl groups is 1. The fourth-order valence-corrected chi connectivity index (χ4v) is 2.62. The van der Waals surface area contributed by atoms with Crippen LogP contribution in [0.1, 0.15) is 28.4 Å². The van der Waals surface area contributed by atoms with Gasteiger partial charge in [0.05, 0.1) is 13.2 Å². The molecule has 3 heteroatoms. The van der Waals surface area contributed by atoms with Crippen molar-refractivity contribution >= 4 is 11.6 Å². The lowest BCUT2D eigenvalue weighted by Crippen LogP contribution is -2.05. The summed E-state index contributed by atoms with van der Waals surface area (Å²) in [5, 5.41) is 11.1. The highest BCUT2D eigenvalue weighted by molar-refractivity contribution is 6.30. The van der Waals surface area contributed by atoms with E-state index in [1.807, 2.05) is 38.1 Å². The molecule has 106 valence electrons. The minimum Gasteiger partial charge on any atom is -0.496 e. The molecule has 0 radical (unpaired) electrons. The molecule has 1 unspecified atom stereocenters. The van der Waals surface area contributed by atoms with E-state index in [1.165, 1.54) is 5.56 Å². The van der Waals surface area contributed by atoms with Gasteiger partial charge in [-0.1, -0.05) is 35.4 Å². The van der Waals surface area contributed by atoms with Gasteiger partial charge in [0, 0.05) is 11.4 Å². The molecule has 0 aromatic heterocycles. The molecule has 0 heterocycles. The number of ether oxygens (including phenoxy) is 1. The van der Waals surface area contributed by atoms with E-state index in [9.17, 15) is 5.11 Å². The van der Waals surface area contributed by atoms with Crippen molar-refractivity contribution in [3.05, 3.63) is 63.7 Å². The summed E-state index contributed by atoms with van der Waals surface area (Å²) >= 11 is 6.02. The van der Waals surface area contributed by atoms with Crippen LogP contribution in [-0.2, 0) is 6.42 Å². The maximum absolute atomic E-state index is 10.5. The second-order valence-corrected chi connectivity index (χ2v) is 5.47. The van der Waals surface area contributed by atoms with Crippen LogP contribution >= 0.6 is 11.6 Å². The van der Waals surface area contributed by atoms with E-state index in [1.54, 1.807) is 13.2 Å². The largest absolute Gasteiger partial charge is 0.496 e. The van der Waals surface area contributed by atoms with E-state index in [4.69, 9.17) is 16.3 Å². The van der Waals surface area contributed by atoms with Crippen molar-refractivity contribution in [3.8, 4) is 5.75 Å². The number of aryl methyl sites for hydroxylation is 2. The average molecular weight is 291 g/mol. The minimum atomic E-state index is -0.567. The maximum Gasteiger partial charge on any atom is 0.122 e. The molecule has 2 nitrogen and oxygen atoms in total. The van der Waals surface area contributed by atoms with Gasteiger partial charge in [-0.15, -0.1) is 0 Å². The average Bonchev–Trinajstić information content (AvgIpc) is 2.38. The molecule has 0 fully saturated rings. The molecule has 1 atom stereocenters. The van der Waals surface area contributed by atoms with Gasteiger partial charge in [0.2, 0.25) is 0 Å². The molecule has 0 aliphatic carbocycles. The molecule has 0 aliphatic rings. The van der Waals surface area contributed by atoms with Crippen LogP contribution in [0.3, 0.4) is 0 Å². The van der Waals surface area contributed by atoms with Crippen molar-refractivity contribution in [2.24, 2.45) is 0 Å². The van der Waals surface area contributed by atoms with Crippen LogP contribution < -0.4 is 4.74 Å². The van der Waals surface area contributed by atoms with Gasteiger partial charge in [-0.3, -0.25) is 0 Å². The Morgan fingerprint density at radius 2 is 1.90 bits per heavy atom. The first kappa shape index (κ1) is 14.9. The molecule has 0 saturated heterocycles. The van der Waals surface area contributed by atoms with E-state index < -0.39 is 6.10 Å². The van der Waals surface area contributed by atoms with E-state index in [-0.39, 0.29) is 0 Å². The Morgan fingerprint density at radius 1 is 1.15 bits per heavy atom. The van der Waals surface area contributed by atoms with Crippen molar-refractivity contribution < 1.29 is 9.84 Å². The zero-order valence-electron chi connectivity index (χ0n) is 12.0. The first-order chi connectivity index (χ1) is 9.51. The number of hydrogen-bond acceptors (Lipinski definition) is 2. The summed E-state index contributed by atoms with van der Waals surface area (Å²) in [5.74, 6) is 0.748. The van der Waals surface area contributed by atoms with Gasteiger partial charge >= 0.3 is 0 Å². The van der Waals surface area contributed by atoms with Crippen molar-refractivity contribution in [1.82, 2.24) is 0 Å². The summed E-state index contributed by atoms with van der Waals surface area (Å²) in [6.45, 7) is 4.06. The third kappa shape index (κ3) is 3.33. The lowest BCUT2D eigenvalue weighted by atomic mass is 9.96. The Hall–Kier alpha value is -1.51. The Bertz CT molecular complexity index is 608. The first-order valence-electron chi connectivity index (χ1n) is 6.59. The zero-order chi connectivity index (χ0) is 14.7. The van der Waals surface area contributed by atoms with E-state index in [0.29, 0.717) is 11.4 Å². The third-order valence-electron chi connectivity index (χ3n) is 3.44. The Labute approximate surface area is 125 Å². The van der Waals surface area contributed by atoms with Crippen molar-refractivity contribution in [2.75, 3.05) is 7.11 Å². The fourth-order valence-electron chi connectivity index (χ4n) is 2.42. The van der Waals surface area contributed by atoms with Crippen LogP contribution in [0.5, 0.6) is 5.75 Å². The number of benzene rings is 2. The second kappa shape index (κ2) is 6.29. The van der Waals surface area contributed by atoms with Crippen molar-refractivity contribution in [2.45, 2.75) is 26.4 Å². The predicted molar refractivity (Wildman–Crippen MR) is 82.6 cm³/mol. The van der Waals surface area contributed by atoms with Gasteiger partial charge in [-0.2, -0.15) is 0 Å². The molecule has 2 aromatic carbocycles. The predicted octanol–water partition coefficient (Wildman–Crippen LogP) is 4.24. The summed E-state index contributed by atoms with van der Waals surface area (Å²) in [7, 11) is 1.62. The summed E-state index contributed by atoms with van der Waals surface area (Å²) in [5.41, 5.74) is 4.14. The molecule has 2 rings (SSSR count). The molecular formula is C17H19ClO2. The molecule has 2 aromatic rings. The molecule has 0 spiro atoms. The highest BCUT2D eigenvalue weighted by Crippen LogP contribution is 2.29. The summed E-state index contributed by atoms with van der Waals surface area (Å²) in [4.78, 5) is 0. The fraction of sp³-hybridized carbons (Fsp3) is 0.294. The van der Waals surface area contributed by atoms with Gasteiger partial charge in [0.1, 0.15) is 5.75 Å². The Kier molecular flexibility index (Phi) is 4.69. The molecule has 20 heavy (non-hydrogen) atoms. The van der Waals surface area contributed by atoms with E-state index in [0.717, 1.165) is 22.4 Å². The zero-order valence-corrected chi connectivity index (χ0v) is 12.7. The molecular weight excluding hydrogens is 272 g/mol. The van der Waals surface area contributed by atoms with Gasteiger partial charge in [-0.25, -0.2) is 0 Å². The van der Waals surface area contributed by atoms with E-state index in [2.05, 4.69) is 6.07 Å². The van der Waals surface area contributed by atoms with Crippen LogP contribution in [0.4, 0.5) is 0 Å². The van der Waals surface area contributed by atoms with Crippen molar-refractivity contribution in [3.63, 3.8) is 0 Å². The number of hydrogen-bond donors (Lipinski definition) is 1. The third-order valence-corrected chi connectivity index (χ3v) is 3.68. The monoisotopic (exact) mass is 290 g/mol. The van der Waals surface area contributed by atoms with Crippen LogP contribution in [0, 0.1) is 13.8 Å². The normalized spacial score (nSPS) is 12.2. The Morgan fingerprint density at radius 3 is 2.55 bits per heavy atom. The maximum atomic E-state index is 10.5. The summed E-state index contributed by atoms with van der Waals surface area (Å²) in [6, 6.07) is 11.5. The smallest absolute Gasteiger partial charge is 0.122 e. The summed E-state index contributed by atoms with van der Waals surface area (Å²) < 4.78 is 5.32. The van der Waals surface area contributed by atoms with Gasteiger partial charge in [-0.05, 0) is 48.7 Å². The molecule has 0 amide bonds. The lowest BCUT2D eigenvalue weighted by molar-refractivity contribution is 0.176. The highest BCUT2D eigenvalue weighted by Gasteiger charge is 2.14. The number of methoxy groups -OCH3 is 1. The van der Waals surface area contributed by atoms with Gasteiger partial charge in [0.25, 0.3) is 0 Å². The van der Waals surface area contributed by atoms with Crippen LogP contribution in [-0.4, -0.2) is 12.2 Å². The van der Waals surface area contributed by atoms with Gasteiger partial charge in [0.15, 0.2) is 0 Å². The molecule has 0 aliphatic heterocycles. The quantitative estimate of drug-likeness (QED) is 0.912. The van der Waals surface area contributed by atoms with Crippen LogP contribution in [0.25, 0.3) is 0 Å². The number of halogens is 1. The second-order valence-electron chi connectivity index (χ2n) is 5.04. The minimum absolute atomic E-state index is 0.480. The van der Waals surface area contributed by atoms with Gasteiger partial charge < -0.3 is 9.84 Å². The van der Waals surface area contributed by atoms with Crippen LogP contribution in [0.15, 0.2) is 36.4 Å². The lowest BCUT2D eigenvalue weighted by Gasteiger charge is -2.16. The number of rotatable bonds is 4. The standard InChI is InChI=1S/C17H19ClO2/c1-11-4-6-15(12(2)8-11)16(19)10-13-9-14(18)5-7-17(13)20-3/h4-9,16,19H,10H2,1-3H3. The highest BCUT2D eigenvalue weighted by atomic mass is 35.5. The molecule has 0 bridgehead atoms. The number of aliphatic hydroxyl groups excluding tert-OH is 1. The SMILES string of the molecule is COc1ccc(Cl)cc1CC(O)c1ccc(C)cc1C. The molecule has 0 saturated carbocycles. The topological polar surface area (TPSA) is 29.5 Å². The molecule has 1 N–H and O–H groups in total. The van der Waals surface area contributed by atoms with Crippen molar-refractivity contribution in [1.29, 1.82) is 0 Å².